The van der Waals surface area contributed by atoms with Gasteiger partial charge in [0.05, 0.1) is 18.3 Å². The maximum atomic E-state index is 13.0. The summed E-state index contributed by atoms with van der Waals surface area (Å²) in [6, 6.07) is 3.29. The average Bonchev–Trinajstić information content (AvgIpc) is 2.97. The number of tetrazole rings is 1. The Bertz CT molecular complexity index is 637. The van der Waals surface area contributed by atoms with Crippen LogP contribution in [0.4, 0.5) is 4.39 Å². The number of rotatable bonds is 3. The highest BCUT2D eigenvalue weighted by Gasteiger charge is 2.25. The number of hydrogen-bond acceptors (Lipinski definition) is 5. The molecule has 0 N–H and O–H groups in total. The molecule has 6 nitrogen and oxygen atoms in total. The van der Waals surface area contributed by atoms with Crippen molar-refractivity contribution in [3.05, 3.63) is 35.7 Å². The Morgan fingerprint density at radius 1 is 1.22 bits per heavy atom. The lowest BCUT2D eigenvalue weighted by Crippen LogP contribution is -2.35. The summed E-state index contributed by atoms with van der Waals surface area (Å²) >= 11 is 0. The second-order valence-corrected chi connectivity index (χ2v) is 7.13. The van der Waals surface area contributed by atoms with E-state index in [4.69, 9.17) is 0 Å². The van der Waals surface area contributed by atoms with Crippen molar-refractivity contribution in [2.24, 2.45) is 0 Å². The summed E-state index contributed by atoms with van der Waals surface area (Å²) in [5.41, 5.74) is 0.875. The third-order valence-corrected chi connectivity index (χ3v) is 4.29. The molecule has 0 unspecified atom stereocenters. The first-order valence-corrected chi connectivity index (χ1v) is 8.05. The molecule has 3 heterocycles. The highest BCUT2D eigenvalue weighted by Crippen LogP contribution is 2.27. The maximum Gasteiger partial charge on any atom is 0.165 e. The van der Waals surface area contributed by atoms with Crippen LogP contribution in [0.3, 0.4) is 0 Å². The third-order valence-electron chi connectivity index (χ3n) is 4.29. The molecule has 0 bridgehead atoms. The third kappa shape index (κ3) is 3.72. The van der Waals surface area contributed by atoms with Gasteiger partial charge in [0.2, 0.25) is 0 Å². The summed E-state index contributed by atoms with van der Waals surface area (Å²) in [5, 5.41) is 12.1. The number of halogens is 1. The molecule has 1 aliphatic rings. The van der Waals surface area contributed by atoms with Crippen LogP contribution >= 0.6 is 0 Å². The molecule has 124 valence electrons. The number of piperidine rings is 1. The van der Waals surface area contributed by atoms with Crippen molar-refractivity contribution in [1.82, 2.24) is 30.1 Å². The molecule has 23 heavy (non-hydrogen) atoms. The lowest BCUT2D eigenvalue weighted by atomic mass is 9.93. The van der Waals surface area contributed by atoms with Crippen molar-refractivity contribution in [2.75, 3.05) is 13.1 Å². The van der Waals surface area contributed by atoms with E-state index in [1.54, 1.807) is 6.07 Å². The molecule has 0 radical (unpaired) electrons. The van der Waals surface area contributed by atoms with Gasteiger partial charge in [-0.2, -0.15) is 0 Å². The monoisotopic (exact) mass is 318 g/mol. The lowest BCUT2D eigenvalue weighted by molar-refractivity contribution is 0.189. The van der Waals surface area contributed by atoms with E-state index in [1.807, 2.05) is 4.68 Å². The van der Waals surface area contributed by atoms with Crippen LogP contribution in [-0.2, 0) is 12.1 Å². The van der Waals surface area contributed by atoms with Gasteiger partial charge in [0.1, 0.15) is 5.82 Å². The normalized spacial score (nSPS) is 17.6. The van der Waals surface area contributed by atoms with Gasteiger partial charge in [0.25, 0.3) is 0 Å². The topological polar surface area (TPSA) is 59.7 Å². The van der Waals surface area contributed by atoms with Gasteiger partial charge in [-0.3, -0.25) is 9.88 Å². The molecule has 1 saturated heterocycles. The Labute approximate surface area is 135 Å². The van der Waals surface area contributed by atoms with Gasteiger partial charge >= 0.3 is 0 Å². The van der Waals surface area contributed by atoms with Gasteiger partial charge < -0.3 is 0 Å². The Morgan fingerprint density at radius 3 is 2.57 bits per heavy atom. The quantitative estimate of drug-likeness (QED) is 0.869. The molecular formula is C16H23FN6. The first kappa shape index (κ1) is 16.0. The zero-order chi connectivity index (χ0) is 16.4. The fourth-order valence-corrected chi connectivity index (χ4v) is 3.04. The van der Waals surface area contributed by atoms with Crippen LogP contribution in [0.5, 0.6) is 0 Å². The summed E-state index contributed by atoms with van der Waals surface area (Å²) < 4.78 is 14.9. The number of nitrogens with zero attached hydrogens (tertiary/aromatic N) is 6. The SMILES string of the molecule is CC(C)(C)n1nnnc1CN1CCC(c2ccc(F)cn2)CC1. The van der Waals surface area contributed by atoms with Crippen LogP contribution in [0.1, 0.15) is 51.0 Å². The Kier molecular flexibility index (Phi) is 4.39. The zero-order valence-corrected chi connectivity index (χ0v) is 13.9. The average molecular weight is 318 g/mol. The molecule has 0 amide bonds. The van der Waals surface area contributed by atoms with Crippen molar-refractivity contribution in [3.63, 3.8) is 0 Å². The highest BCUT2D eigenvalue weighted by molar-refractivity contribution is 5.11. The van der Waals surface area contributed by atoms with Crippen molar-refractivity contribution in [1.29, 1.82) is 0 Å². The van der Waals surface area contributed by atoms with Crippen molar-refractivity contribution in [2.45, 2.75) is 51.6 Å². The van der Waals surface area contributed by atoms with Crippen LogP contribution in [0.2, 0.25) is 0 Å². The van der Waals surface area contributed by atoms with Gasteiger partial charge in [-0.05, 0) is 69.3 Å². The van der Waals surface area contributed by atoms with Gasteiger partial charge in [-0.1, -0.05) is 0 Å². The molecule has 0 saturated carbocycles. The van der Waals surface area contributed by atoms with Crippen molar-refractivity contribution >= 4 is 0 Å². The smallest absolute Gasteiger partial charge is 0.165 e. The van der Waals surface area contributed by atoms with E-state index in [-0.39, 0.29) is 11.4 Å². The van der Waals surface area contributed by atoms with Crippen LogP contribution < -0.4 is 0 Å². The van der Waals surface area contributed by atoms with E-state index in [0.29, 0.717) is 5.92 Å². The van der Waals surface area contributed by atoms with Crippen LogP contribution in [0, 0.1) is 5.82 Å². The largest absolute Gasteiger partial charge is 0.296 e. The minimum absolute atomic E-state index is 0.116. The van der Waals surface area contributed by atoms with Gasteiger partial charge in [-0.25, -0.2) is 9.07 Å². The Morgan fingerprint density at radius 2 is 1.96 bits per heavy atom. The summed E-state index contributed by atoms with van der Waals surface area (Å²) in [4.78, 5) is 6.59. The Hall–Kier alpha value is -1.89. The van der Waals surface area contributed by atoms with Crippen LogP contribution in [-0.4, -0.2) is 43.2 Å². The van der Waals surface area contributed by atoms with E-state index in [2.05, 4.69) is 46.2 Å². The standard InChI is InChI=1S/C16H23FN6/c1-16(2,3)23-15(19-20-21-23)11-22-8-6-12(7-9-22)14-5-4-13(17)10-18-14/h4-5,10,12H,6-9,11H2,1-3H3. The summed E-state index contributed by atoms with van der Waals surface area (Å²) in [6.07, 6.45) is 3.35. The van der Waals surface area contributed by atoms with E-state index in [1.165, 1.54) is 12.3 Å². The molecule has 7 heteroatoms. The second-order valence-electron chi connectivity index (χ2n) is 7.13. The summed E-state index contributed by atoms with van der Waals surface area (Å²) in [7, 11) is 0. The molecule has 0 atom stereocenters. The first-order valence-electron chi connectivity index (χ1n) is 8.05. The molecule has 3 rings (SSSR count). The maximum absolute atomic E-state index is 13.0. The molecular weight excluding hydrogens is 295 g/mol. The second kappa shape index (κ2) is 6.31. The van der Waals surface area contributed by atoms with Gasteiger partial charge in [0.15, 0.2) is 5.82 Å². The van der Waals surface area contributed by atoms with Crippen molar-refractivity contribution < 1.29 is 4.39 Å². The van der Waals surface area contributed by atoms with E-state index < -0.39 is 0 Å². The van der Waals surface area contributed by atoms with E-state index in [0.717, 1.165) is 44.0 Å². The zero-order valence-electron chi connectivity index (χ0n) is 13.9. The van der Waals surface area contributed by atoms with Crippen molar-refractivity contribution in [3.8, 4) is 0 Å². The predicted molar refractivity (Wildman–Crippen MR) is 84.3 cm³/mol. The van der Waals surface area contributed by atoms with Crippen LogP contribution in [0.25, 0.3) is 0 Å². The fourth-order valence-electron chi connectivity index (χ4n) is 3.04. The van der Waals surface area contributed by atoms with Gasteiger partial charge in [-0.15, -0.1) is 5.10 Å². The number of pyridine rings is 1. The number of aromatic nitrogens is 5. The van der Waals surface area contributed by atoms with E-state index >= 15 is 0 Å². The minimum atomic E-state index is -0.278. The molecule has 1 fully saturated rings. The number of hydrogen-bond donors (Lipinski definition) is 0. The van der Waals surface area contributed by atoms with E-state index in [9.17, 15) is 4.39 Å². The molecule has 1 aliphatic heterocycles. The molecule has 0 aromatic carbocycles. The first-order chi connectivity index (χ1) is 10.9. The molecule has 2 aromatic rings. The molecule has 2 aromatic heterocycles. The highest BCUT2D eigenvalue weighted by atomic mass is 19.1. The minimum Gasteiger partial charge on any atom is -0.296 e. The fraction of sp³-hybridized carbons (Fsp3) is 0.625. The lowest BCUT2D eigenvalue weighted by Gasteiger charge is -2.31. The number of likely N-dealkylation sites (tertiary alicyclic amines) is 1. The summed E-state index contributed by atoms with van der Waals surface area (Å²) in [5.74, 6) is 1.03. The molecule has 0 spiro atoms. The van der Waals surface area contributed by atoms with Gasteiger partial charge in [0, 0.05) is 11.6 Å². The Balaban J connectivity index is 1.60. The summed E-state index contributed by atoms with van der Waals surface area (Å²) in [6.45, 7) is 8.99. The predicted octanol–water partition coefficient (Wildman–Crippen LogP) is 2.34. The molecule has 0 aliphatic carbocycles. The van der Waals surface area contributed by atoms with Crippen LogP contribution in [0.15, 0.2) is 18.3 Å².